The zero-order valence-electron chi connectivity index (χ0n) is 13.9. The molecule has 0 aliphatic heterocycles. The van der Waals surface area contributed by atoms with Gasteiger partial charge in [-0.3, -0.25) is 40.5 Å². The van der Waals surface area contributed by atoms with Gasteiger partial charge in [0, 0.05) is 0 Å². The van der Waals surface area contributed by atoms with Crippen molar-refractivity contribution in [2.24, 2.45) is 0 Å². The summed E-state index contributed by atoms with van der Waals surface area (Å²) < 4.78 is 81.5. The summed E-state index contributed by atoms with van der Waals surface area (Å²) in [5.74, 6) is -10.2. The van der Waals surface area contributed by atoms with Gasteiger partial charge >= 0.3 is 22.7 Å². The summed E-state index contributed by atoms with van der Waals surface area (Å²) >= 11 is 0. The van der Waals surface area contributed by atoms with Crippen LogP contribution < -0.4 is 0 Å². The Morgan fingerprint density at radius 2 is 0.903 bits per heavy atom. The smallest absolute Gasteiger partial charge is 0.258 e. The van der Waals surface area contributed by atoms with Crippen LogP contribution in [0.3, 0.4) is 0 Å². The second-order valence-corrected chi connectivity index (χ2v) is 7.09. The van der Waals surface area contributed by atoms with Crippen LogP contribution in [0.1, 0.15) is 0 Å². The van der Waals surface area contributed by atoms with Crippen LogP contribution in [0.2, 0.25) is 0 Å². The SMILES string of the molecule is O=[N+]([O-])c1cc(F)c(F)c(S(=O)(=O)c2c(F)c(F)cc([N+](=O)[O-])c2[N+](=O)[O-])c1[N+](=O)[O-]. The summed E-state index contributed by atoms with van der Waals surface area (Å²) in [5.41, 5.74) is -8.50. The molecule has 0 aliphatic carbocycles. The van der Waals surface area contributed by atoms with Gasteiger partial charge < -0.3 is 0 Å². The molecule has 0 saturated heterocycles. The highest BCUT2D eigenvalue weighted by molar-refractivity contribution is 7.91. The molecule has 2 rings (SSSR count). The molecule has 0 aromatic heterocycles. The first-order chi connectivity index (χ1) is 14.1. The first kappa shape index (κ1) is 23.0. The number of nitro groups is 4. The molecule has 0 atom stereocenters. The summed E-state index contributed by atoms with van der Waals surface area (Å²) in [5, 5.41) is 44.2. The minimum atomic E-state index is -6.43. The molecule has 0 unspecified atom stereocenters. The highest BCUT2D eigenvalue weighted by Crippen LogP contribution is 2.45. The Hall–Kier alpha value is -4.29. The van der Waals surface area contributed by atoms with Crippen LogP contribution >= 0.6 is 0 Å². The van der Waals surface area contributed by atoms with E-state index in [9.17, 15) is 66.4 Å². The molecule has 0 bridgehead atoms. The van der Waals surface area contributed by atoms with E-state index >= 15 is 0 Å². The minimum Gasteiger partial charge on any atom is -0.258 e. The average molecular weight is 470 g/mol. The van der Waals surface area contributed by atoms with Crippen molar-refractivity contribution in [3.05, 3.63) is 75.9 Å². The molecule has 31 heavy (non-hydrogen) atoms. The lowest BCUT2D eigenvalue weighted by Crippen LogP contribution is -2.16. The Labute approximate surface area is 164 Å². The van der Waals surface area contributed by atoms with Gasteiger partial charge in [-0.15, -0.1) is 0 Å². The van der Waals surface area contributed by atoms with E-state index in [1.165, 1.54) is 0 Å². The molecule has 164 valence electrons. The number of nitrogens with zero attached hydrogens (tertiary/aromatic N) is 4. The number of hydrogen-bond donors (Lipinski definition) is 0. The monoisotopic (exact) mass is 470 g/mol. The minimum absolute atomic E-state index is 0.398. The van der Waals surface area contributed by atoms with E-state index in [1.807, 2.05) is 0 Å². The number of hydrogen-bond acceptors (Lipinski definition) is 10. The average Bonchev–Trinajstić information content (AvgIpc) is 2.63. The van der Waals surface area contributed by atoms with Crippen molar-refractivity contribution >= 4 is 32.6 Å². The predicted molar refractivity (Wildman–Crippen MR) is 84.8 cm³/mol. The van der Waals surface area contributed by atoms with Crippen molar-refractivity contribution in [1.29, 1.82) is 0 Å². The molecule has 0 N–H and O–H groups in total. The Balaban J connectivity index is 3.24. The lowest BCUT2D eigenvalue weighted by atomic mass is 10.2. The topological polar surface area (TPSA) is 207 Å². The highest BCUT2D eigenvalue weighted by Gasteiger charge is 2.48. The number of benzene rings is 2. The quantitative estimate of drug-likeness (QED) is 0.342. The molecule has 0 saturated carbocycles. The molecule has 0 aliphatic rings. The highest BCUT2D eigenvalue weighted by atomic mass is 32.2. The van der Waals surface area contributed by atoms with Gasteiger partial charge in [-0.1, -0.05) is 0 Å². The fraction of sp³-hybridized carbons (Fsp3) is 0. The maximum absolute atomic E-state index is 14.3. The van der Waals surface area contributed by atoms with Gasteiger partial charge in [-0.2, -0.15) is 0 Å². The summed E-state index contributed by atoms with van der Waals surface area (Å²) in [7, 11) is -6.43. The largest absolute Gasteiger partial charge is 0.368 e. The summed E-state index contributed by atoms with van der Waals surface area (Å²) in [6, 6.07) is -0.795. The number of halogens is 4. The molecule has 0 radical (unpaired) electrons. The predicted octanol–water partition coefficient (Wildman–Crippen LogP) is 2.71. The summed E-state index contributed by atoms with van der Waals surface area (Å²) in [6.07, 6.45) is 0. The zero-order chi connectivity index (χ0) is 24.0. The Bertz CT molecular complexity index is 1220. The fourth-order valence-electron chi connectivity index (χ4n) is 2.38. The first-order valence-corrected chi connectivity index (χ1v) is 8.49. The molecule has 2 aromatic rings. The van der Waals surface area contributed by atoms with Crippen molar-refractivity contribution < 1.29 is 45.7 Å². The molecule has 19 heteroatoms. The molecule has 0 heterocycles. The molecule has 0 fully saturated rings. The first-order valence-electron chi connectivity index (χ1n) is 7.01. The van der Waals surface area contributed by atoms with E-state index in [2.05, 4.69) is 0 Å². The van der Waals surface area contributed by atoms with Crippen molar-refractivity contribution in [3.8, 4) is 0 Å². The number of nitro benzene ring substituents is 4. The fourth-order valence-corrected chi connectivity index (χ4v) is 4.12. The van der Waals surface area contributed by atoms with Gasteiger partial charge in [-0.25, -0.2) is 26.0 Å². The van der Waals surface area contributed by atoms with Crippen LogP contribution in [0.25, 0.3) is 0 Å². The third-order valence-corrected chi connectivity index (χ3v) is 5.38. The Morgan fingerprint density at radius 3 is 1.13 bits per heavy atom. The van der Waals surface area contributed by atoms with Gasteiger partial charge in [0.25, 0.3) is 0 Å². The van der Waals surface area contributed by atoms with Gasteiger partial charge in [0.05, 0.1) is 31.8 Å². The van der Waals surface area contributed by atoms with Crippen molar-refractivity contribution in [2.75, 3.05) is 0 Å². The van der Waals surface area contributed by atoms with Crippen molar-refractivity contribution in [1.82, 2.24) is 0 Å². The maximum atomic E-state index is 14.3. The van der Waals surface area contributed by atoms with E-state index < -0.39 is 97.5 Å². The molecule has 2 aromatic carbocycles. The van der Waals surface area contributed by atoms with Gasteiger partial charge in [0.15, 0.2) is 33.1 Å². The normalized spacial score (nSPS) is 11.2. The molecule has 14 nitrogen and oxygen atoms in total. The van der Waals surface area contributed by atoms with E-state index in [1.54, 1.807) is 0 Å². The Morgan fingerprint density at radius 1 is 0.613 bits per heavy atom. The second-order valence-electron chi connectivity index (χ2n) is 5.27. The molecular formula is C12H2F4N4O10S. The lowest BCUT2D eigenvalue weighted by molar-refractivity contribution is -0.425. The standard InChI is InChI=1S/C12H2F4N4O10S/c13-3-1-5(17(21)22)9(19(25)26)11(7(3)15)31(29,30)12-8(16)4(14)2-6(18(23)24)10(12)20(27)28/h1-2H. The van der Waals surface area contributed by atoms with Crippen molar-refractivity contribution in [2.45, 2.75) is 9.79 Å². The van der Waals surface area contributed by atoms with Crippen LogP contribution in [-0.2, 0) is 9.84 Å². The maximum Gasteiger partial charge on any atom is 0.368 e. The van der Waals surface area contributed by atoms with E-state index in [0.717, 1.165) is 0 Å². The molecule has 0 amide bonds. The zero-order valence-corrected chi connectivity index (χ0v) is 14.8. The van der Waals surface area contributed by atoms with Gasteiger partial charge in [-0.05, 0) is 0 Å². The lowest BCUT2D eigenvalue weighted by Gasteiger charge is -2.09. The van der Waals surface area contributed by atoms with Crippen LogP contribution in [0.5, 0.6) is 0 Å². The second kappa shape index (κ2) is 7.51. The summed E-state index contributed by atoms with van der Waals surface area (Å²) in [4.78, 5) is 31.8. The van der Waals surface area contributed by atoms with E-state index in [0.29, 0.717) is 0 Å². The molecular weight excluding hydrogens is 468 g/mol. The van der Waals surface area contributed by atoms with Crippen molar-refractivity contribution in [3.63, 3.8) is 0 Å². The van der Waals surface area contributed by atoms with Gasteiger partial charge in [0.2, 0.25) is 9.84 Å². The van der Waals surface area contributed by atoms with Crippen LogP contribution in [0.15, 0.2) is 21.9 Å². The van der Waals surface area contributed by atoms with E-state index in [4.69, 9.17) is 0 Å². The van der Waals surface area contributed by atoms with Crippen LogP contribution in [-0.4, -0.2) is 28.1 Å². The van der Waals surface area contributed by atoms with Gasteiger partial charge in [0.1, 0.15) is 0 Å². The van der Waals surface area contributed by atoms with E-state index in [-0.39, 0.29) is 0 Å². The number of rotatable bonds is 6. The third-order valence-electron chi connectivity index (χ3n) is 3.56. The number of sulfone groups is 1. The Kier molecular flexibility index (Phi) is 5.57. The third kappa shape index (κ3) is 3.56. The van der Waals surface area contributed by atoms with Crippen LogP contribution in [0, 0.1) is 63.7 Å². The summed E-state index contributed by atoms with van der Waals surface area (Å²) in [6.45, 7) is 0. The van der Waals surface area contributed by atoms with Crippen LogP contribution in [0.4, 0.5) is 40.3 Å². The molecule has 0 spiro atoms.